The number of nitrogens with zero attached hydrogens (tertiary/aromatic N) is 2. The first-order valence-electron chi connectivity index (χ1n) is 4.81. The number of halogens is 1. The third-order valence-electron chi connectivity index (χ3n) is 2.20. The highest BCUT2D eigenvalue weighted by molar-refractivity contribution is 5.58. The van der Waals surface area contributed by atoms with Crippen molar-refractivity contribution < 1.29 is 4.39 Å². The second-order valence-corrected chi connectivity index (χ2v) is 3.23. The van der Waals surface area contributed by atoms with Crippen LogP contribution >= 0.6 is 0 Å². The van der Waals surface area contributed by atoms with Crippen molar-refractivity contribution in [2.45, 2.75) is 6.42 Å². The summed E-state index contributed by atoms with van der Waals surface area (Å²) in [6, 6.07) is 7.72. The standard InChI is InChI=1S/C12H11FN2/c13-6-5-10-1-3-11(4-2-10)12-9-14-7-8-15-12/h1-4,7-9H,5-6H2. The Morgan fingerprint density at radius 3 is 2.47 bits per heavy atom. The van der Waals surface area contributed by atoms with Gasteiger partial charge < -0.3 is 0 Å². The third-order valence-corrected chi connectivity index (χ3v) is 2.20. The predicted octanol–water partition coefficient (Wildman–Crippen LogP) is 2.66. The molecule has 3 heteroatoms. The molecule has 15 heavy (non-hydrogen) atoms. The van der Waals surface area contributed by atoms with E-state index in [-0.39, 0.29) is 6.67 Å². The lowest BCUT2D eigenvalue weighted by Crippen LogP contribution is -1.88. The predicted molar refractivity (Wildman–Crippen MR) is 57.1 cm³/mol. The number of benzene rings is 1. The largest absolute Gasteiger partial charge is 0.261 e. The van der Waals surface area contributed by atoms with Crippen LogP contribution < -0.4 is 0 Å². The third kappa shape index (κ3) is 2.37. The molecule has 0 N–H and O–H groups in total. The lowest BCUT2D eigenvalue weighted by molar-refractivity contribution is 0.495. The molecule has 0 saturated heterocycles. The maximum atomic E-state index is 12.1. The highest BCUT2D eigenvalue weighted by Gasteiger charge is 1.98. The van der Waals surface area contributed by atoms with E-state index in [1.807, 2.05) is 24.3 Å². The number of rotatable bonds is 3. The number of alkyl halides is 1. The Kier molecular flexibility index (Phi) is 3.02. The van der Waals surface area contributed by atoms with Crippen LogP contribution in [0, 0.1) is 0 Å². The lowest BCUT2D eigenvalue weighted by atomic mass is 10.1. The minimum absolute atomic E-state index is 0.315. The number of aryl methyl sites for hydroxylation is 1. The molecule has 76 valence electrons. The molecule has 0 aliphatic heterocycles. The topological polar surface area (TPSA) is 25.8 Å². The maximum absolute atomic E-state index is 12.1. The minimum Gasteiger partial charge on any atom is -0.261 e. The molecule has 1 aromatic carbocycles. The lowest BCUT2D eigenvalue weighted by Gasteiger charge is -2.01. The first-order chi connectivity index (χ1) is 7.40. The quantitative estimate of drug-likeness (QED) is 0.764. The van der Waals surface area contributed by atoms with Crippen LogP contribution in [-0.2, 0) is 6.42 Å². The molecule has 1 heterocycles. The summed E-state index contributed by atoms with van der Waals surface area (Å²) >= 11 is 0. The second-order valence-electron chi connectivity index (χ2n) is 3.23. The summed E-state index contributed by atoms with van der Waals surface area (Å²) in [5.41, 5.74) is 2.85. The van der Waals surface area contributed by atoms with Gasteiger partial charge in [0, 0.05) is 24.4 Å². The van der Waals surface area contributed by atoms with Crippen LogP contribution in [0.15, 0.2) is 42.9 Å². The van der Waals surface area contributed by atoms with Crippen LogP contribution in [0.1, 0.15) is 5.56 Å². The molecule has 0 unspecified atom stereocenters. The summed E-state index contributed by atoms with van der Waals surface area (Å²) in [7, 11) is 0. The Balaban J connectivity index is 2.24. The molecule has 0 aliphatic rings. The Labute approximate surface area is 87.8 Å². The van der Waals surface area contributed by atoms with Gasteiger partial charge in [0.15, 0.2) is 0 Å². The highest BCUT2D eigenvalue weighted by atomic mass is 19.1. The highest BCUT2D eigenvalue weighted by Crippen LogP contribution is 2.16. The molecule has 1 aromatic heterocycles. The van der Waals surface area contributed by atoms with Crippen LogP contribution in [0.2, 0.25) is 0 Å². The number of aromatic nitrogens is 2. The fourth-order valence-corrected chi connectivity index (χ4v) is 1.40. The molecular formula is C12H11FN2. The monoisotopic (exact) mass is 202 g/mol. The van der Waals surface area contributed by atoms with E-state index in [1.54, 1.807) is 18.6 Å². The van der Waals surface area contributed by atoms with Gasteiger partial charge in [0.05, 0.1) is 18.6 Å². The van der Waals surface area contributed by atoms with Crippen molar-refractivity contribution in [2.75, 3.05) is 6.67 Å². The van der Waals surface area contributed by atoms with Gasteiger partial charge >= 0.3 is 0 Å². The van der Waals surface area contributed by atoms with E-state index < -0.39 is 0 Å². The van der Waals surface area contributed by atoms with Gasteiger partial charge in [0.2, 0.25) is 0 Å². The van der Waals surface area contributed by atoms with Gasteiger partial charge in [-0.25, -0.2) is 0 Å². The first kappa shape index (κ1) is 9.77. The number of hydrogen-bond donors (Lipinski definition) is 0. The van der Waals surface area contributed by atoms with Gasteiger partial charge in [-0.1, -0.05) is 24.3 Å². The summed E-state index contributed by atoms with van der Waals surface area (Å²) in [4.78, 5) is 8.19. The van der Waals surface area contributed by atoms with Crippen LogP contribution in [0.3, 0.4) is 0 Å². The SMILES string of the molecule is FCCc1ccc(-c2cnccn2)cc1. The minimum atomic E-state index is -0.315. The van der Waals surface area contributed by atoms with Crippen molar-refractivity contribution in [3.05, 3.63) is 48.4 Å². The van der Waals surface area contributed by atoms with E-state index >= 15 is 0 Å². The average molecular weight is 202 g/mol. The maximum Gasteiger partial charge on any atom is 0.0934 e. The fourth-order valence-electron chi connectivity index (χ4n) is 1.40. The summed E-state index contributed by atoms with van der Waals surface area (Å²) in [5, 5.41) is 0. The van der Waals surface area contributed by atoms with E-state index in [2.05, 4.69) is 9.97 Å². The summed E-state index contributed by atoms with van der Waals surface area (Å²) < 4.78 is 12.1. The zero-order chi connectivity index (χ0) is 10.5. The Bertz CT molecular complexity index is 411. The molecule has 0 atom stereocenters. The van der Waals surface area contributed by atoms with E-state index in [9.17, 15) is 4.39 Å². The summed E-state index contributed by atoms with van der Waals surface area (Å²) in [6.45, 7) is -0.315. The summed E-state index contributed by atoms with van der Waals surface area (Å²) in [6.07, 6.45) is 5.48. The number of hydrogen-bond acceptors (Lipinski definition) is 2. The van der Waals surface area contributed by atoms with Gasteiger partial charge in [0.25, 0.3) is 0 Å². The molecule has 0 radical (unpaired) electrons. The average Bonchev–Trinajstić information content (AvgIpc) is 2.32. The molecule has 0 spiro atoms. The van der Waals surface area contributed by atoms with Crippen molar-refractivity contribution >= 4 is 0 Å². The van der Waals surface area contributed by atoms with Gasteiger partial charge in [-0.15, -0.1) is 0 Å². The van der Waals surface area contributed by atoms with E-state index in [1.165, 1.54) is 0 Å². The van der Waals surface area contributed by atoms with E-state index in [4.69, 9.17) is 0 Å². The Morgan fingerprint density at radius 1 is 1.07 bits per heavy atom. The molecule has 0 bridgehead atoms. The van der Waals surface area contributed by atoms with E-state index in [0.29, 0.717) is 6.42 Å². The van der Waals surface area contributed by atoms with Crippen molar-refractivity contribution in [3.63, 3.8) is 0 Å². The van der Waals surface area contributed by atoms with Crippen LogP contribution in [0.25, 0.3) is 11.3 Å². The van der Waals surface area contributed by atoms with Crippen molar-refractivity contribution in [1.29, 1.82) is 0 Å². The van der Waals surface area contributed by atoms with Gasteiger partial charge in [-0.3, -0.25) is 14.4 Å². The van der Waals surface area contributed by atoms with Crippen molar-refractivity contribution in [3.8, 4) is 11.3 Å². The molecule has 0 fully saturated rings. The van der Waals surface area contributed by atoms with Gasteiger partial charge in [-0.05, 0) is 5.56 Å². The van der Waals surface area contributed by atoms with Crippen molar-refractivity contribution in [1.82, 2.24) is 9.97 Å². The van der Waals surface area contributed by atoms with Crippen LogP contribution in [0.4, 0.5) is 4.39 Å². The molecule has 2 rings (SSSR count). The second kappa shape index (κ2) is 4.64. The normalized spacial score (nSPS) is 10.2. The Hall–Kier alpha value is -1.77. The van der Waals surface area contributed by atoms with Gasteiger partial charge in [-0.2, -0.15) is 0 Å². The first-order valence-corrected chi connectivity index (χ1v) is 4.81. The molecule has 0 saturated carbocycles. The Morgan fingerprint density at radius 2 is 1.87 bits per heavy atom. The molecule has 2 aromatic rings. The zero-order valence-electron chi connectivity index (χ0n) is 8.23. The van der Waals surface area contributed by atoms with Crippen LogP contribution in [-0.4, -0.2) is 16.6 Å². The van der Waals surface area contributed by atoms with Crippen LogP contribution in [0.5, 0.6) is 0 Å². The summed E-state index contributed by atoms with van der Waals surface area (Å²) in [5.74, 6) is 0. The molecule has 2 nitrogen and oxygen atoms in total. The molecule has 0 aliphatic carbocycles. The molecule has 0 amide bonds. The van der Waals surface area contributed by atoms with Gasteiger partial charge in [0.1, 0.15) is 0 Å². The van der Waals surface area contributed by atoms with Crippen molar-refractivity contribution in [2.24, 2.45) is 0 Å². The zero-order valence-corrected chi connectivity index (χ0v) is 8.23. The molecular weight excluding hydrogens is 191 g/mol. The smallest absolute Gasteiger partial charge is 0.0934 e. The fraction of sp³-hybridized carbons (Fsp3) is 0.167. The van der Waals surface area contributed by atoms with E-state index in [0.717, 1.165) is 16.8 Å².